The molecular formula is C15H15ClN2. The van der Waals surface area contributed by atoms with E-state index >= 15 is 0 Å². The Labute approximate surface area is 112 Å². The second-order valence-electron chi connectivity index (χ2n) is 4.04. The number of aromatic nitrogens is 1. The van der Waals surface area contributed by atoms with Crippen LogP contribution in [0.3, 0.4) is 0 Å². The second kappa shape index (κ2) is 5.69. The molecule has 2 rings (SSSR count). The van der Waals surface area contributed by atoms with Crippen molar-refractivity contribution in [3.63, 3.8) is 0 Å². The zero-order valence-corrected chi connectivity index (χ0v) is 11.2. The molecule has 92 valence electrons. The summed E-state index contributed by atoms with van der Waals surface area (Å²) in [7, 11) is 1.88. The lowest BCUT2D eigenvalue weighted by molar-refractivity contribution is 1.26. The van der Waals surface area contributed by atoms with Crippen LogP contribution >= 0.6 is 11.6 Å². The lowest BCUT2D eigenvalue weighted by atomic mass is 10.1. The lowest BCUT2D eigenvalue weighted by Crippen LogP contribution is -1.91. The van der Waals surface area contributed by atoms with Gasteiger partial charge in [-0.2, -0.15) is 0 Å². The fourth-order valence-electron chi connectivity index (χ4n) is 1.74. The Morgan fingerprint density at radius 2 is 2.06 bits per heavy atom. The molecule has 1 aromatic heterocycles. The topological polar surface area (TPSA) is 24.9 Å². The summed E-state index contributed by atoms with van der Waals surface area (Å²) >= 11 is 6.19. The highest BCUT2D eigenvalue weighted by molar-refractivity contribution is 6.32. The molecule has 0 atom stereocenters. The highest BCUT2D eigenvalue weighted by Crippen LogP contribution is 2.26. The molecule has 1 N–H and O–H groups in total. The van der Waals surface area contributed by atoms with Crippen LogP contribution < -0.4 is 5.32 Å². The van der Waals surface area contributed by atoms with Gasteiger partial charge >= 0.3 is 0 Å². The van der Waals surface area contributed by atoms with Crippen LogP contribution in [0.4, 0.5) is 5.69 Å². The van der Waals surface area contributed by atoms with E-state index in [-0.39, 0.29) is 0 Å². The van der Waals surface area contributed by atoms with Gasteiger partial charge in [0.2, 0.25) is 0 Å². The predicted molar refractivity (Wildman–Crippen MR) is 78.9 cm³/mol. The molecule has 0 aliphatic heterocycles. The summed E-state index contributed by atoms with van der Waals surface area (Å²) in [5.41, 5.74) is 4.10. The summed E-state index contributed by atoms with van der Waals surface area (Å²) in [4.78, 5) is 4.29. The van der Waals surface area contributed by atoms with Gasteiger partial charge in [-0.25, -0.2) is 0 Å². The Balaban J connectivity index is 2.34. The minimum atomic E-state index is 0.728. The zero-order chi connectivity index (χ0) is 13.0. The summed E-state index contributed by atoms with van der Waals surface area (Å²) in [6, 6.07) is 9.82. The van der Waals surface area contributed by atoms with Gasteiger partial charge in [0.05, 0.1) is 5.69 Å². The maximum Gasteiger partial charge on any atom is 0.0632 e. The smallest absolute Gasteiger partial charge is 0.0632 e. The molecule has 18 heavy (non-hydrogen) atoms. The van der Waals surface area contributed by atoms with Gasteiger partial charge < -0.3 is 5.32 Å². The number of halogens is 1. The highest BCUT2D eigenvalue weighted by atomic mass is 35.5. The maximum absolute atomic E-state index is 6.19. The molecule has 2 nitrogen and oxygen atoms in total. The van der Waals surface area contributed by atoms with E-state index in [2.05, 4.69) is 10.3 Å². The quantitative estimate of drug-likeness (QED) is 0.890. The number of hydrogen-bond acceptors (Lipinski definition) is 2. The van der Waals surface area contributed by atoms with Gasteiger partial charge in [-0.3, -0.25) is 4.98 Å². The van der Waals surface area contributed by atoms with Crippen molar-refractivity contribution in [1.82, 2.24) is 4.98 Å². The first-order valence-corrected chi connectivity index (χ1v) is 6.15. The van der Waals surface area contributed by atoms with Crippen molar-refractivity contribution in [2.24, 2.45) is 0 Å². The molecule has 0 saturated heterocycles. The molecule has 0 aliphatic carbocycles. The Kier molecular flexibility index (Phi) is 4.00. The molecule has 1 heterocycles. The SMILES string of the molecule is CNc1cccc(Cl)c1/C=C/c1cc(C)ccn1. The normalized spacial score (nSPS) is 10.8. The minimum absolute atomic E-state index is 0.728. The Morgan fingerprint density at radius 3 is 2.78 bits per heavy atom. The first-order chi connectivity index (χ1) is 8.70. The van der Waals surface area contributed by atoms with Crippen LogP contribution in [0.5, 0.6) is 0 Å². The van der Waals surface area contributed by atoms with Crippen LogP contribution in [0.15, 0.2) is 36.5 Å². The zero-order valence-electron chi connectivity index (χ0n) is 10.4. The van der Waals surface area contributed by atoms with E-state index < -0.39 is 0 Å². The number of anilines is 1. The summed E-state index contributed by atoms with van der Waals surface area (Å²) in [5.74, 6) is 0. The van der Waals surface area contributed by atoms with Crippen LogP contribution in [0, 0.1) is 6.92 Å². The van der Waals surface area contributed by atoms with E-state index in [9.17, 15) is 0 Å². The standard InChI is InChI=1S/C15H15ClN2/c1-11-8-9-18-12(10-11)6-7-13-14(16)4-3-5-15(13)17-2/h3-10,17H,1-2H3/b7-6+. The maximum atomic E-state index is 6.19. The third kappa shape index (κ3) is 2.90. The number of rotatable bonds is 3. The largest absolute Gasteiger partial charge is 0.388 e. The fraction of sp³-hybridized carbons (Fsp3) is 0.133. The van der Waals surface area contributed by atoms with E-state index in [0.717, 1.165) is 22.0 Å². The van der Waals surface area contributed by atoms with Gasteiger partial charge in [-0.1, -0.05) is 17.7 Å². The second-order valence-corrected chi connectivity index (χ2v) is 4.45. The average molecular weight is 259 g/mol. The number of aryl methyl sites for hydroxylation is 1. The van der Waals surface area contributed by atoms with E-state index in [1.54, 1.807) is 6.20 Å². The van der Waals surface area contributed by atoms with Crippen LogP contribution in [0.25, 0.3) is 12.2 Å². The Hall–Kier alpha value is -1.80. The number of benzene rings is 1. The van der Waals surface area contributed by atoms with Crippen LogP contribution in [0.2, 0.25) is 5.02 Å². The highest BCUT2D eigenvalue weighted by Gasteiger charge is 2.01. The monoisotopic (exact) mass is 258 g/mol. The molecule has 0 aliphatic rings. The molecule has 0 unspecified atom stereocenters. The molecule has 0 bridgehead atoms. The number of nitrogens with one attached hydrogen (secondary N) is 1. The molecule has 0 amide bonds. The lowest BCUT2D eigenvalue weighted by Gasteiger charge is -2.06. The van der Waals surface area contributed by atoms with Crippen molar-refractivity contribution in [2.75, 3.05) is 12.4 Å². The van der Waals surface area contributed by atoms with E-state index in [1.165, 1.54) is 5.56 Å². The Morgan fingerprint density at radius 1 is 1.22 bits per heavy atom. The number of nitrogens with zero attached hydrogens (tertiary/aromatic N) is 1. The van der Waals surface area contributed by atoms with Crippen molar-refractivity contribution in [1.29, 1.82) is 0 Å². The number of hydrogen-bond donors (Lipinski definition) is 1. The molecule has 3 heteroatoms. The molecule has 0 spiro atoms. The van der Waals surface area contributed by atoms with Crippen LogP contribution in [0.1, 0.15) is 16.8 Å². The molecule has 1 aromatic carbocycles. The van der Waals surface area contributed by atoms with Crippen molar-refractivity contribution < 1.29 is 0 Å². The van der Waals surface area contributed by atoms with Gasteiger partial charge in [0.25, 0.3) is 0 Å². The molecular weight excluding hydrogens is 244 g/mol. The van der Waals surface area contributed by atoms with Gasteiger partial charge in [0, 0.05) is 29.5 Å². The predicted octanol–water partition coefficient (Wildman–Crippen LogP) is 4.26. The van der Waals surface area contributed by atoms with Gasteiger partial charge in [0.1, 0.15) is 0 Å². The van der Waals surface area contributed by atoms with Gasteiger partial charge in [-0.05, 0) is 48.9 Å². The van der Waals surface area contributed by atoms with Crippen molar-refractivity contribution in [3.05, 3.63) is 58.4 Å². The third-order valence-electron chi connectivity index (χ3n) is 2.68. The summed E-state index contributed by atoms with van der Waals surface area (Å²) in [6.07, 6.45) is 5.76. The van der Waals surface area contributed by atoms with E-state index in [4.69, 9.17) is 11.6 Å². The Bertz CT molecular complexity index is 576. The third-order valence-corrected chi connectivity index (χ3v) is 3.01. The first-order valence-electron chi connectivity index (χ1n) is 5.77. The number of pyridine rings is 1. The van der Waals surface area contributed by atoms with Gasteiger partial charge in [0.15, 0.2) is 0 Å². The van der Waals surface area contributed by atoms with Crippen LogP contribution in [-0.4, -0.2) is 12.0 Å². The van der Waals surface area contributed by atoms with Crippen LogP contribution in [-0.2, 0) is 0 Å². The fourth-order valence-corrected chi connectivity index (χ4v) is 1.98. The summed E-state index contributed by atoms with van der Waals surface area (Å²) < 4.78 is 0. The summed E-state index contributed by atoms with van der Waals surface area (Å²) in [5, 5.41) is 3.86. The van der Waals surface area contributed by atoms with E-state index in [0.29, 0.717) is 0 Å². The average Bonchev–Trinajstić information content (AvgIpc) is 2.37. The molecule has 0 saturated carbocycles. The molecule has 0 radical (unpaired) electrons. The molecule has 0 fully saturated rings. The minimum Gasteiger partial charge on any atom is -0.388 e. The van der Waals surface area contributed by atoms with E-state index in [1.807, 2.05) is 56.5 Å². The van der Waals surface area contributed by atoms with Gasteiger partial charge in [-0.15, -0.1) is 0 Å². The van der Waals surface area contributed by atoms with Crippen molar-refractivity contribution >= 4 is 29.4 Å². The van der Waals surface area contributed by atoms with Crippen molar-refractivity contribution in [2.45, 2.75) is 6.92 Å². The summed E-state index contributed by atoms with van der Waals surface area (Å²) in [6.45, 7) is 2.05. The van der Waals surface area contributed by atoms with Crippen molar-refractivity contribution in [3.8, 4) is 0 Å². The molecule has 2 aromatic rings. The first kappa shape index (κ1) is 12.7.